The Balaban J connectivity index is 1.52. The highest BCUT2D eigenvalue weighted by Gasteiger charge is 2.81. The summed E-state index contributed by atoms with van der Waals surface area (Å²) in [6.45, 7) is 17.8. The van der Waals surface area contributed by atoms with E-state index in [2.05, 4.69) is 6.58 Å². The third kappa shape index (κ3) is 3.99. The molecule has 8 atom stereocenters. The summed E-state index contributed by atoms with van der Waals surface area (Å²) >= 11 is 0. The van der Waals surface area contributed by atoms with Crippen LogP contribution >= 0.6 is 0 Å². The van der Waals surface area contributed by atoms with Crippen molar-refractivity contribution < 1.29 is 43.5 Å². The van der Waals surface area contributed by atoms with Crippen LogP contribution in [0.15, 0.2) is 47.3 Å². The van der Waals surface area contributed by atoms with Crippen LogP contribution in [-0.2, 0) is 25.5 Å². The molecule has 8 rings (SSSR count). The van der Waals surface area contributed by atoms with Gasteiger partial charge in [-0.1, -0.05) is 29.9 Å². The Morgan fingerprint density at radius 1 is 1.11 bits per heavy atom. The minimum atomic E-state index is -1.58. The zero-order valence-electron chi connectivity index (χ0n) is 28.2. The molecule has 2 N–H and O–H groups in total. The molecule has 9 nitrogen and oxygen atoms in total. The first-order valence-electron chi connectivity index (χ1n) is 16.6. The number of ketones is 2. The number of aliphatic hydroxyl groups excluding tert-OH is 1. The van der Waals surface area contributed by atoms with Gasteiger partial charge in [0.2, 0.25) is 0 Å². The fourth-order valence-electron chi connectivity index (χ4n) is 9.67. The fraction of sp³-hybridized carbons (Fsp3) is 0.553. The van der Waals surface area contributed by atoms with E-state index < -0.39 is 46.1 Å². The molecule has 1 spiro atoms. The lowest BCUT2D eigenvalue weighted by Gasteiger charge is -2.57. The van der Waals surface area contributed by atoms with Gasteiger partial charge in [0.1, 0.15) is 40.3 Å². The first kappa shape index (κ1) is 31.9. The summed E-state index contributed by atoms with van der Waals surface area (Å²) in [6, 6.07) is 0. The number of fused-ring (bicyclic) bond motifs is 5. The number of Topliss-reactive ketones (excluding diaryl/α,β-unsaturated/α-hetero) is 2. The maximum Gasteiger partial charge on any atom is 0.298 e. The highest BCUT2D eigenvalue weighted by Crippen LogP contribution is 2.69. The first-order valence-corrected chi connectivity index (χ1v) is 16.6. The van der Waals surface area contributed by atoms with Gasteiger partial charge in [0, 0.05) is 40.9 Å². The maximum absolute atomic E-state index is 15.0. The van der Waals surface area contributed by atoms with Gasteiger partial charge in [0.05, 0.1) is 5.60 Å². The van der Waals surface area contributed by atoms with E-state index in [-0.39, 0.29) is 41.1 Å². The Labute approximate surface area is 275 Å². The Morgan fingerprint density at radius 3 is 2.49 bits per heavy atom. The van der Waals surface area contributed by atoms with Gasteiger partial charge in [0.15, 0.2) is 22.8 Å². The third-order valence-electron chi connectivity index (χ3n) is 11.9. The topological polar surface area (TPSA) is 129 Å². The van der Waals surface area contributed by atoms with Gasteiger partial charge in [-0.05, 0) is 86.1 Å². The summed E-state index contributed by atoms with van der Waals surface area (Å²) in [5.74, 6) is -1.62. The number of rotatable bonds is 7. The molecule has 9 heteroatoms. The summed E-state index contributed by atoms with van der Waals surface area (Å²) in [5, 5.41) is 23.9. The molecule has 1 aromatic rings. The van der Waals surface area contributed by atoms with Crippen LogP contribution < -0.4 is 9.47 Å². The SMILES string of the molecule is C=C(C)C1CC[C@@]2(C)Oc3c(CC=C(C)C)c4c(c(O)c3[C@@H]1C2O)C(=O)C1=C[C@@H]2CC3C(C)(C)O[C@](C/C=C(/C)OC=O)(C2=O)[C@@]13O4. The largest absolute Gasteiger partial charge is 0.507 e. The molecule has 47 heavy (non-hydrogen) atoms. The summed E-state index contributed by atoms with van der Waals surface area (Å²) < 4.78 is 25.8. The second kappa shape index (κ2) is 10.2. The zero-order chi connectivity index (χ0) is 34.0. The van der Waals surface area contributed by atoms with Crippen LogP contribution in [0.2, 0.25) is 0 Å². The van der Waals surface area contributed by atoms with E-state index >= 15 is 0 Å². The van der Waals surface area contributed by atoms with Crippen LogP contribution in [0.25, 0.3) is 0 Å². The van der Waals surface area contributed by atoms with E-state index in [1.165, 1.54) is 0 Å². The standard InChI is InChI=1S/C38H44O9/c1-18(2)9-10-23-31-27(26-22(19(3)4)12-13-36(8,45-31)34(26)43)30(41)28-29(40)24-15-21-16-25-35(6,7)47-37(33(21)42,14-11-20(5)44-17-39)38(24,25)46-32(23)28/h9,11,15,17,21-22,25-26,34,41,43H,3,10,12-14,16H2,1-2,4-8H3/b20-11-/t21-,22?,25?,26-,34?,36-,37-,38-/m1/s1. The molecule has 1 saturated heterocycles. The van der Waals surface area contributed by atoms with Gasteiger partial charge in [-0.2, -0.15) is 0 Å². The minimum absolute atomic E-state index is 0.0191. The number of hydrogen-bond acceptors (Lipinski definition) is 9. The molecule has 0 aromatic heterocycles. The van der Waals surface area contributed by atoms with Crippen LogP contribution in [0.5, 0.6) is 17.2 Å². The highest BCUT2D eigenvalue weighted by atomic mass is 16.6. The van der Waals surface area contributed by atoms with Crippen LogP contribution in [0.1, 0.15) is 102 Å². The summed E-state index contributed by atoms with van der Waals surface area (Å²) in [7, 11) is 0. The van der Waals surface area contributed by atoms with Crippen molar-refractivity contribution in [1.29, 1.82) is 0 Å². The monoisotopic (exact) mass is 644 g/mol. The number of carbonyl (C=O) groups is 3. The van der Waals surface area contributed by atoms with Gasteiger partial charge in [-0.3, -0.25) is 14.4 Å². The maximum atomic E-state index is 15.0. The summed E-state index contributed by atoms with van der Waals surface area (Å²) in [5.41, 5.74) is -1.64. The summed E-state index contributed by atoms with van der Waals surface area (Å²) in [6.07, 6.45) is 6.51. The van der Waals surface area contributed by atoms with Crippen molar-refractivity contribution >= 4 is 18.0 Å². The minimum Gasteiger partial charge on any atom is -0.507 e. The van der Waals surface area contributed by atoms with Crippen LogP contribution in [0.4, 0.5) is 0 Å². The third-order valence-corrected chi connectivity index (χ3v) is 11.9. The number of hydrogen-bond donors (Lipinski definition) is 2. The van der Waals surface area contributed by atoms with E-state index in [0.29, 0.717) is 60.4 Å². The molecule has 3 fully saturated rings. The van der Waals surface area contributed by atoms with Crippen LogP contribution in [-0.4, -0.2) is 56.8 Å². The molecule has 2 saturated carbocycles. The number of aromatic hydroxyl groups is 1. The molecule has 4 aliphatic carbocycles. The number of phenols is 1. The lowest BCUT2D eigenvalue weighted by Crippen LogP contribution is -2.72. The lowest BCUT2D eigenvalue weighted by atomic mass is 9.51. The van der Waals surface area contributed by atoms with Crippen LogP contribution in [0.3, 0.4) is 0 Å². The quantitative estimate of drug-likeness (QED) is 0.210. The smallest absolute Gasteiger partial charge is 0.298 e. The Bertz CT molecular complexity index is 1740. The second-order valence-corrected chi connectivity index (χ2v) is 15.4. The molecule has 3 heterocycles. The predicted octanol–water partition coefficient (Wildman–Crippen LogP) is 5.96. The fourth-order valence-corrected chi connectivity index (χ4v) is 9.67. The number of benzene rings is 1. The molecule has 1 aromatic carbocycles. The van der Waals surface area contributed by atoms with Crippen molar-refractivity contribution in [2.45, 2.75) is 115 Å². The van der Waals surface area contributed by atoms with E-state index in [4.69, 9.17) is 18.9 Å². The van der Waals surface area contributed by atoms with Gasteiger partial charge >= 0.3 is 0 Å². The Hall–Kier alpha value is -3.69. The number of ether oxygens (including phenoxy) is 4. The van der Waals surface area contributed by atoms with Gasteiger partial charge < -0.3 is 29.2 Å². The van der Waals surface area contributed by atoms with Crippen molar-refractivity contribution in [3.63, 3.8) is 0 Å². The molecule has 250 valence electrons. The van der Waals surface area contributed by atoms with Gasteiger partial charge in [-0.25, -0.2) is 0 Å². The number of aliphatic hydroxyl groups is 1. The molecule has 0 radical (unpaired) electrons. The molecular formula is C38H44O9. The van der Waals surface area contributed by atoms with Crippen molar-refractivity contribution in [3.05, 3.63) is 64.0 Å². The first-order chi connectivity index (χ1) is 22.0. The number of phenolic OH excluding ortho intramolecular Hbond substituents is 1. The molecule has 0 amide bonds. The normalized spacial score (nSPS) is 37.1. The van der Waals surface area contributed by atoms with Gasteiger partial charge in [0.25, 0.3) is 6.47 Å². The Kier molecular flexibility index (Phi) is 6.89. The molecular weight excluding hydrogens is 600 g/mol. The van der Waals surface area contributed by atoms with E-state index in [0.717, 1.165) is 11.1 Å². The number of allylic oxidation sites excluding steroid dienone is 5. The van der Waals surface area contributed by atoms with E-state index in [1.807, 2.05) is 47.6 Å². The molecule has 6 bridgehead atoms. The Morgan fingerprint density at radius 2 is 1.83 bits per heavy atom. The van der Waals surface area contributed by atoms with E-state index in [1.54, 1.807) is 19.1 Å². The van der Waals surface area contributed by atoms with Crippen molar-refractivity contribution in [2.24, 2.45) is 17.8 Å². The van der Waals surface area contributed by atoms with Crippen LogP contribution in [0, 0.1) is 17.8 Å². The molecule has 3 unspecified atom stereocenters. The molecule has 3 aliphatic heterocycles. The number of carbonyl (C=O) groups excluding carboxylic acids is 3. The highest BCUT2D eigenvalue weighted by molar-refractivity contribution is 6.18. The molecule has 7 aliphatic rings. The predicted molar refractivity (Wildman–Crippen MR) is 172 cm³/mol. The van der Waals surface area contributed by atoms with E-state index in [9.17, 15) is 24.6 Å². The second-order valence-electron chi connectivity index (χ2n) is 15.4. The lowest BCUT2D eigenvalue weighted by molar-refractivity contribution is -0.171. The van der Waals surface area contributed by atoms with Crippen molar-refractivity contribution in [1.82, 2.24) is 0 Å². The van der Waals surface area contributed by atoms with Gasteiger partial charge in [-0.15, -0.1) is 0 Å². The van der Waals surface area contributed by atoms with Crippen molar-refractivity contribution in [2.75, 3.05) is 0 Å². The average Bonchev–Trinajstić information content (AvgIpc) is 3.14. The van der Waals surface area contributed by atoms with Crippen molar-refractivity contribution in [3.8, 4) is 17.2 Å². The summed E-state index contributed by atoms with van der Waals surface area (Å²) in [4.78, 5) is 40.5. The average molecular weight is 645 g/mol. The zero-order valence-corrected chi connectivity index (χ0v) is 28.2.